The Morgan fingerprint density at radius 3 is 2.79 bits per heavy atom. The number of nitrogens with two attached hydrogens (primary N) is 1. The maximum atomic E-state index is 14.1. The van der Waals surface area contributed by atoms with Gasteiger partial charge in [0.25, 0.3) is 0 Å². The van der Waals surface area contributed by atoms with Crippen LogP contribution in [-0.2, 0) is 6.54 Å². The van der Waals surface area contributed by atoms with E-state index >= 15 is 0 Å². The fraction of sp³-hybridized carbons (Fsp3) is 0.286. The number of nitrogens with zero attached hydrogens (tertiary/aromatic N) is 1. The summed E-state index contributed by atoms with van der Waals surface area (Å²) in [4.78, 5) is 1.91. The summed E-state index contributed by atoms with van der Waals surface area (Å²) in [5.74, 6) is -0.230. The minimum Gasteiger partial charge on any atom is -0.368 e. The number of para-hydroxylation sites is 1. The lowest BCUT2D eigenvalue weighted by molar-refractivity contribution is 0.616. The molecule has 1 atom stereocenters. The average Bonchev–Trinajstić information content (AvgIpc) is 2.74. The van der Waals surface area contributed by atoms with Gasteiger partial charge in [0.05, 0.1) is 9.47 Å². The lowest BCUT2D eigenvalue weighted by Crippen LogP contribution is -2.21. The summed E-state index contributed by atoms with van der Waals surface area (Å²) in [6.45, 7) is 2.52. The van der Waals surface area contributed by atoms with Gasteiger partial charge < -0.3 is 10.6 Å². The molecule has 0 spiro atoms. The van der Waals surface area contributed by atoms with Crippen molar-refractivity contribution in [1.29, 1.82) is 0 Å². The maximum Gasteiger partial charge on any atom is 0.146 e. The van der Waals surface area contributed by atoms with Crippen molar-refractivity contribution in [2.75, 3.05) is 11.9 Å². The van der Waals surface area contributed by atoms with Gasteiger partial charge in [0.15, 0.2) is 0 Å². The number of hydrogen-bond donors (Lipinski definition) is 1. The number of halogens is 2. The van der Waals surface area contributed by atoms with E-state index in [1.54, 1.807) is 17.4 Å². The lowest BCUT2D eigenvalue weighted by atomic mass is 10.1. The first kappa shape index (κ1) is 14.5. The van der Waals surface area contributed by atoms with E-state index in [1.165, 1.54) is 6.07 Å². The molecule has 0 fully saturated rings. The molecular weight excluding hydrogens is 327 g/mol. The van der Waals surface area contributed by atoms with Crippen molar-refractivity contribution >= 4 is 33.0 Å². The number of benzene rings is 1. The van der Waals surface area contributed by atoms with Gasteiger partial charge in [-0.3, -0.25) is 0 Å². The average molecular weight is 343 g/mol. The van der Waals surface area contributed by atoms with Crippen molar-refractivity contribution in [3.05, 3.63) is 50.4 Å². The molecule has 1 unspecified atom stereocenters. The summed E-state index contributed by atoms with van der Waals surface area (Å²) >= 11 is 5.06. The van der Waals surface area contributed by atoms with Crippen LogP contribution in [0.5, 0.6) is 0 Å². The molecule has 0 aliphatic heterocycles. The molecule has 0 saturated carbocycles. The van der Waals surface area contributed by atoms with Crippen molar-refractivity contribution in [2.45, 2.75) is 19.5 Å². The van der Waals surface area contributed by atoms with E-state index in [0.29, 0.717) is 12.2 Å². The molecule has 0 aliphatic rings. The summed E-state index contributed by atoms with van der Waals surface area (Å²) in [6.07, 6.45) is 0. The predicted molar refractivity (Wildman–Crippen MR) is 83.1 cm³/mol. The molecule has 2 rings (SSSR count). The van der Waals surface area contributed by atoms with Crippen LogP contribution >= 0.6 is 27.3 Å². The molecular formula is C14H16BrFN2S. The fourth-order valence-corrected chi connectivity index (χ4v) is 3.28. The van der Waals surface area contributed by atoms with Crippen LogP contribution in [0.4, 0.5) is 10.1 Å². The van der Waals surface area contributed by atoms with E-state index in [2.05, 4.69) is 21.3 Å². The number of hydrogen-bond acceptors (Lipinski definition) is 3. The molecule has 19 heavy (non-hydrogen) atoms. The summed E-state index contributed by atoms with van der Waals surface area (Å²) in [5.41, 5.74) is 8.48. The van der Waals surface area contributed by atoms with Gasteiger partial charge in [-0.15, -0.1) is 11.3 Å². The van der Waals surface area contributed by atoms with E-state index in [0.717, 1.165) is 14.9 Å². The summed E-state index contributed by atoms with van der Waals surface area (Å²) in [5, 5.41) is 2.06. The molecule has 0 bridgehead atoms. The van der Waals surface area contributed by atoms with Crippen molar-refractivity contribution in [1.82, 2.24) is 0 Å². The number of thiophene rings is 1. The smallest absolute Gasteiger partial charge is 0.146 e. The quantitative estimate of drug-likeness (QED) is 0.897. The van der Waals surface area contributed by atoms with Crippen molar-refractivity contribution in [3.63, 3.8) is 0 Å². The molecule has 0 amide bonds. The molecule has 0 aliphatic carbocycles. The standard InChI is InChI=1S/C14H16BrFN2S/c1-9(17)11-4-3-5-12(16)14(11)18(2)7-10-6-13(15)19-8-10/h3-6,8-9H,7,17H2,1-2H3. The molecule has 5 heteroatoms. The molecule has 1 aromatic carbocycles. The first-order chi connectivity index (χ1) is 8.99. The Bertz CT molecular complexity index is 568. The lowest BCUT2D eigenvalue weighted by Gasteiger charge is -2.24. The summed E-state index contributed by atoms with van der Waals surface area (Å²) < 4.78 is 15.1. The second kappa shape index (κ2) is 6.03. The Morgan fingerprint density at radius 2 is 2.21 bits per heavy atom. The van der Waals surface area contributed by atoms with E-state index in [-0.39, 0.29) is 11.9 Å². The second-order valence-corrected chi connectivity index (χ2v) is 6.87. The van der Waals surface area contributed by atoms with Crippen LogP contribution in [-0.4, -0.2) is 7.05 Å². The molecule has 1 aromatic heterocycles. The van der Waals surface area contributed by atoms with E-state index in [4.69, 9.17) is 5.73 Å². The van der Waals surface area contributed by atoms with Gasteiger partial charge in [0, 0.05) is 19.6 Å². The fourth-order valence-electron chi connectivity index (χ4n) is 2.08. The van der Waals surface area contributed by atoms with Gasteiger partial charge >= 0.3 is 0 Å². The Hall–Kier alpha value is -0.910. The third kappa shape index (κ3) is 3.35. The molecule has 0 radical (unpaired) electrons. The van der Waals surface area contributed by atoms with Crippen LogP contribution in [0.15, 0.2) is 33.4 Å². The predicted octanol–water partition coefficient (Wildman–Crippen LogP) is 4.31. The highest BCUT2D eigenvalue weighted by Crippen LogP contribution is 2.30. The van der Waals surface area contributed by atoms with E-state index < -0.39 is 0 Å². The van der Waals surface area contributed by atoms with Crippen LogP contribution in [0, 0.1) is 5.82 Å². The van der Waals surface area contributed by atoms with Gasteiger partial charge in [-0.2, -0.15) is 0 Å². The van der Waals surface area contributed by atoms with E-state index in [1.807, 2.05) is 31.0 Å². The minimum absolute atomic E-state index is 0.192. The van der Waals surface area contributed by atoms with Gasteiger partial charge in [0.2, 0.25) is 0 Å². The third-order valence-corrected chi connectivity index (χ3v) is 4.49. The topological polar surface area (TPSA) is 29.3 Å². The highest BCUT2D eigenvalue weighted by Gasteiger charge is 2.16. The van der Waals surface area contributed by atoms with Crippen LogP contribution in [0.3, 0.4) is 0 Å². The van der Waals surface area contributed by atoms with Crippen LogP contribution < -0.4 is 10.6 Å². The Kier molecular flexibility index (Phi) is 4.60. The Morgan fingerprint density at radius 1 is 1.47 bits per heavy atom. The normalized spacial score (nSPS) is 12.5. The van der Waals surface area contributed by atoms with Crippen LogP contribution in [0.2, 0.25) is 0 Å². The van der Waals surface area contributed by atoms with Crippen molar-refractivity contribution in [2.24, 2.45) is 5.73 Å². The van der Waals surface area contributed by atoms with E-state index in [9.17, 15) is 4.39 Å². The molecule has 2 nitrogen and oxygen atoms in total. The van der Waals surface area contributed by atoms with Crippen LogP contribution in [0.25, 0.3) is 0 Å². The van der Waals surface area contributed by atoms with Gasteiger partial charge in [-0.25, -0.2) is 4.39 Å². The monoisotopic (exact) mass is 342 g/mol. The van der Waals surface area contributed by atoms with Crippen molar-refractivity contribution < 1.29 is 4.39 Å². The molecule has 102 valence electrons. The maximum absolute atomic E-state index is 14.1. The van der Waals surface area contributed by atoms with Gasteiger partial charge in [0.1, 0.15) is 5.82 Å². The summed E-state index contributed by atoms with van der Waals surface area (Å²) in [6, 6.07) is 6.91. The zero-order valence-electron chi connectivity index (χ0n) is 10.9. The highest BCUT2D eigenvalue weighted by molar-refractivity contribution is 9.11. The summed E-state index contributed by atoms with van der Waals surface area (Å²) in [7, 11) is 1.88. The zero-order chi connectivity index (χ0) is 14.0. The first-order valence-corrected chi connectivity index (χ1v) is 7.64. The van der Waals surface area contributed by atoms with Crippen molar-refractivity contribution in [3.8, 4) is 0 Å². The second-order valence-electron chi connectivity index (χ2n) is 4.58. The number of rotatable bonds is 4. The Balaban J connectivity index is 2.30. The molecule has 0 saturated heterocycles. The molecule has 2 N–H and O–H groups in total. The van der Waals surface area contributed by atoms with Gasteiger partial charge in [-0.1, -0.05) is 12.1 Å². The zero-order valence-corrected chi connectivity index (χ0v) is 13.3. The first-order valence-electron chi connectivity index (χ1n) is 5.97. The largest absolute Gasteiger partial charge is 0.368 e. The number of anilines is 1. The SMILES string of the molecule is CC(N)c1cccc(F)c1N(C)Cc1csc(Br)c1. The molecule has 2 aromatic rings. The third-order valence-electron chi connectivity index (χ3n) is 2.93. The van der Waals surface area contributed by atoms with Gasteiger partial charge in [-0.05, 0) is 51.5 Å². The molecule has 1 heterocycles. The van der Waals surface area contributed by atoms with Crippen LogP contribution in [0.1, 0.15) is 24.1 Å². The minimum atomic E-state index is -0.230. The Labute approximate surface area is 125 Å². The highest BCUT2D eigenvalue weighted by atomic mass is 79.9.